The molecule has 0 aliphatic heterocycles. The molecule has 6 nitrogen and oxygen atoms in total. The summed E-state index contributed by atoms with van der Waals surface area (Å²) < 4.78 is 24.6. The molecular formula is C15H18ClN2O4P. The highest BCUT2D eigenvalue weighted by molar-refractivity contribution is 7.61. The van der Waals surface area contributed by atoms with E-state index in [4.69, 9.17) is 20.6 Å². The first-order chi connectivity index (χ1) is 11.0. The molecule has 0 unspecified atom stereocenters. The van der Waals surface area contributed by atoms with Gasteiger partial charge < -0.3 is 13.6 Å². The van der Waals surface area contributed by atoms with Gasteiger partial charge in [0.05, 0.1) is 19.8 Å². The van der Waals surface area contributed by atoms with Crippen LogP contribution in [0.2, 0.25) is 5.15 Å². The lowest BCUT2D eigenvalue weighted by Crippen LogP contribution is -2.37. The Balaban J connectivity index is 2.50. The highest BCUT2D eigenvalue weighted by atomic mass is 35.5. The minimum atomic E-state index is -3.80. The van der Waals surface area contributed by atoms with Crippen LogP contribution in [0.5, 0.6) is 0 Å². The van der Waals surface area contributed by atoms with E-state index in [0.717, 1.165) is 5.56 Å². The fourth-order valence-electron chi connectivity index (χ4n) is 2.07. The van der Waals surface area contributed by atoms with E-state index >= 15 is 0 Å². The predicted octanol–water partition coefficient (Wildman–Crippen LogP) is 2.84. The van der Waals surface area contributed by atoms with Gasteiger partial charge in [0.1, 0.15) is 5.15 Å². The minimum Gasteiger partial charge on any atom is -0.306 e. The second kappa shape index (κ2) is 7.88. The van der Waals surface area contributed by atoms with Crippen molar-refractivity contribution in [3.63, 3.8) is 0 Å². The number of nitrogens with zero attached hydrogens (tertiary/aromatic N) is 2. The molecule has 124 valence electrons. The first kappa shape index (κ1) is 17.9. The maximum atomic E-state index is 12.8. The number of hydrogen-bond donors (Lipinski definition) is 0. The van der Waals surface area contributed by atoms with E-state index in [1.54, 1.807) is 13.8 Å². The first-order valence-corrected chi connectivity index (χ1v) is 9.12. The van der Waals surface area contributed by atoms with E-state index in [9.17, 15) is 9.36 Å². The number of aromatic nitrogens is 2. The molecular weight excluding hydrogens is 339 g/mol. The average Bonchev–Trinajstić information content (AvgIpc) is 2.52. The Bertz CT molecular complexity index is 754. The normalized spacial score (nSPS) is 11.6. The molecule has 1 heterocycles. The summed E-state index contributed by atoms with van der Waals surface area (Å²) in [4.78, 5) is 16.5. The third-order valence-electron chi connectivity index (χ3n) is 2.98. The van der Waals surface area contributed by atoms with E-state index in [2.05, 4.69) is 4.98 Å². The predicted molar refractivity (Wildman–Crippen MR) is 89.5 cm³/mol. The molecule has 0 radical (unpaired) electrons. The third kappa shape index (κ3) is 4.30. The average molecular weight is 357 g/mol. The molecule has 2 aromatic rings. The third-order valence-corrected chi connectivity index (χ3v) is 5.17. The topological polar surface area (TPSA) is 70.4 Å². The molecule has 0 aliphatic rings. The molecule has 0 saturated carbocycles. The van der Waals surface area contributed by atoms with E-state index in [0.29, 0.717) is 0 Å². The Morgan fingerprint density at radius 2 is 1.78 bits per heavy atom. The highest BCUT2D eigenvalue weighted by Gasteiger charge is 2.33. The molecule has 0 saturated heterocycles. The van der Waals surface area contributed by atoms with Gasteiger partial charge in [-0.1, -0.05) is 41.9 Å². The van der Waals surface area contributed by atoms with Gasteiger partial charge in [-0.15, -0.1) is 0 Å². The molecule has 0 amide bonds. The van der Waals surface area contributed by atoms with Crippen LogP contribution in [-0.4, -0.2) is 22.8 Å². The van der Waals surface area contributed by atoms with E-state index in [-0.39, 0.29) is 30.3 Å². The molecule has 23 heavy (non-hydrogen) atoms. The molecule has 0 atom stereocenters. The minimum absolute atomic E-state index is 0.0511. The quantitative estimate of drug-likeness (QED) is 0.713. The van der Waals surface area contributed by atoms with E-state index in [1.165, 1.54) is 10.8 Å². The fourth-order valence-corrected chi connectivity index (χ4v) is 3.92. The Morgan fingerprint density at radius 3 is 2.35 bits per heavy atom. The molecule has 8 heteroatoms. The van der Waals surface area contributed by atoms with Crippen molar-refractivity contribution in [1.29, 1.82) is 0 Å². The van der Waals surface area contributed by atoms with Gasteiger partial charge >= 0.3 is 7.60 Å². The molecule has 1 aromatic heterocycles. The second-order valence-corrected chi connectivity index (χ2v) is 6.96. The monoisotopic (exact) mass is 356 g/mol. The van der Waals surface area contributed by atoms with Crippen LogP contribution in [0.3, 0.4) is 0 Å². The molecule has 0 aliphatic carbocycles. The highest BCUT2D eigenvalue weighted by Crippen LogP contribution is 2.45. The van der Waals surface area contributed by atoms with Crippen molar-refractivity contribution in [3.05, 3.63) is 57.6 Å². The zero-order chi connectivity index (χ0) is 16.9. The summed E-state index contributed by atoms with van der Waals surface area (Å²) in [5.74, 6) is 0. The molecule has 2 rings (SSSR count). The molecule has 0 bridgehead atoms. The number of halogens is 1. The Hall–Kier alpha value is -1.46. The van der Waals surface area contributed by atoms with Gasteiger partial charge in [0.15, 0.2) is 0 Å². The summed E-state index contributed by atoms with van der Waals surface area (Å²) in [5.41, 5.74) is 0.0820. The van der Waals surface area contributed by atoms with Crippen molar-refractivity contribution < 1.29 is 13.6 Å². The van der Waals surface area contributed by atoms with Crippen LogP contribution in [0, 0.1) is 0 Å². The summed E-state index contributed by atoms with van der Waals surface area (Å²) >= 11 is 5.99. The first-order valence-electron chi connectivity index (χ1n) is 7.20. The maximum absolute atomic E-state index is 12.8. The van der Waals surface area contributed by atoms with Gasteiger partial charge in [0.25, 0.3) is 5.56 Å². The van der Waals surface area contributed by atoms with E-state index in [1.807, 2.05) is 30.3 Å². The maximum Gasteiger partial charge on any atom is 0.385 e. The molecule has 0 fully saturated rings. The lowest BCUT2D eigenvalue weighted by atomic mass is 10.2. The zero-order valence-corrected chi connectivity index (χ0v) is 14.6. The number of benzene rings is 1. The summed E-state index contributed by atoms with van der Waals surface area (Å²) in [6, 6.07) is 9.39. The molecule has 0 N–H and O–H groups in total. The number of rotatable bonds is 7. The van der Waals surface area contributed by atoms with Gasteiger partial charge in [-0.2, -0.15) is 0 Å². The smallest absolute Gasteiger partial charge is 0.306 e. The lowest BCUT2D eigenvalue weighted by molar-refractivity contribution is 0.229. The fraction of sp³-hybridized carbons (Fsp3) is 0.333. The van der Waals surface area contributed by atoms with Crippen LogP contribution in [0.4, 0.5) is 0 Å². The van der Waals surface area contributed by atoms with Gasteiger partial charge in [-0.3, -0.25) is 9.36 Å². The van der Waals surface area contributed by atoms with Crippen LogP contribution in [0.15, 0.2) is 41.3 Å². The van der Waals surface area contributed by atoms with Crippen LogP contribution < -0.4 is 11.0 Å². The van der Waals surface area contributed by atoms with Crippen molar-refractivity contribution in [1.82, 2.24) is 9.55 Å². The Kier molecular flexibility index (Phi) is 6.13. The van der Waals surface area contributed by atoms with Crippen molar-refractivity contribution in [3.8, 4) is 0 Å². The van der Waals surface area contributed by atoms with Crippen molar-refractivity contribution in [2.45, 2.75) is 20.4 Å². The van der Waals surface area contributed by atoms with Crippen LogP contribution in [0.25, 0.3) is 0 Å². The SMILES string of the molecule is CCOP(=O)(OCC)c1nc(Cl)cn(Cc2ccccc2)c1=O. The summed E-state index contributed by atoms with van der Waals surface area (Å²) in [7, 11) is -3.80. The standard InChI is InChI=1S/C15H18ClN2O4P/c1-3-21-23(20,22-4-2)14-15(19)18(11-13(16)17-14)10-12-8-6-5-7-9-12/h5-9,11H,3-4,10H2,1-2H3. The summed E-state index contributed by atoms with van der Waals surface area (Å²) in [6.45, 7) is 3.87. The van der Waals surface area contributed by atoms with Crippen LogP contribution in [-0.2, 0) is 20.2 Å². The largest absolute Gasteiger partial charge is 0.385 e. The van der Waals surface area contributed by atoms with E-state index < -0.39 is 13.2 Å². The van der Waals surface area contributed by atoms with Gasteiger partial charge in [0, 0.05) is 6.20 Å². The van der Waals surface area contributed by atoms with Gasteiger partial charge in [-0.05, 0) is 19.4 Å². The van der Waals surface area contributed by atoms with Crippen LogP contribution in [0.1, 0.15) is 19.4 Å². The zero-order valence-electron chi connectivity index (χ0n) is 12.9. The molecule has 1 aromatic carbocycles. The summed E-state index contributed by atoms with van der Waals surface area (Å²) in [6.07, 6.45) is 1.41. The van der Waals surface area contributed by atoms with Crippen molar-refractivity contribution in [2.24, 2.45) is 0 Å². The van der Waals surface area contributed by atoms with Crippen molar-refractivity contribution >= 4 is 24.6 Å². The van der Waals surface area contributed by atoms with Gasteiger partial charge in [-0.25, -0.2) is 4.98 Å². The number of hydrogen-bond acceptors (Lipinski definition) is 5. The van der Waals surface area contributed by atoms with Crippen molar-refractivity contribution in [2.75, 3.05) is 13.2 Å². The van der Waals surface area contributed by atoms with Gasteiger partial charge in [0.2, 0.25) is 5.44 Å². The van der Waals surface area contributed by atoms with Crippen LogP contribution >= 0.6 is 19.2 Å². The molecule has 0 spiro atoms. The second-order valence-electron chi connectivity index (χ2n) is 4.64. The Morgan fingerprint density at radius 1 is 1.17 bits per heavy atom. The lowest BCUT2D eigenvalue weighted by Gasteiger charge is -2.17. The Labute approximate surface area is 139 Å². The summed E-state index contributed by atoms with van der Waals surface area (Å²) in [5, 5.41) is 0.0511.